The van der Waals surface area contributed by atoms with Gasteiger partial charge in [0.1, 0.15) is 6.04 Å². The van der Waals surface area contributed by atoms with Crippen molar-refractivity contribution in [2.24, 2.45) is 11.7 Å². The van der Waals surface area contributed by atoms with Gasteiger partial charge < -0.3 is 21.1 Å². The van der Waals surface area contributed by atoms with E-state index >= 15 is 0 Å². The van der Waals surface area contributed by atoms with Crippen LogP contribution in [0.1, 0.15) is 20.8 Å². The molecule has 0 aromatic carbocycles. The fraction of sp³-hybridized carbons (Fsp3) is 0.727. The van der Waals surface area contributed by atoms with Crippen molar-refractivity contribution >= 4 is 17.8 Å². The Morgan fingerprint density at radius 2 is 1.78 bits per heavy atom. The molecule has 2 atom stereocenters. The number of nitrogens with two attached hydrogens (primary N) is 1. The van der Waals surface area contributed by atoms with Crippen molar-refractivity contribution < 1.29 is 19.1 Å². The standard InChI is InChI=1S/C11H21N3O4/c1-6(2)9(12)10(16)13-5-8(15)14-7(3)11(17)18-4/h6-7,9H,5,12H2,1-4H3,(H,13,16)(H,14,15)/t7?,9-/m0/s1. The molecule has 0 aliphatic carbocycles. The fourth-order valence-corrected chi connectivity index (χ4v) is 1.12. The molecule has 0 aliphatic heterocycles. The van der Waals surface area contributed by atoms with Gasteiger partial charge in [0, 0.05) is 0 Å². The van der Waals surface area contributed by atoms with Crippen molar-refractivity contribution in [3.8, 4) is 0 Å². The molecule has 0 bridgehead atoms. The number of rotatable bonds is 6. The van der Waals surface area contributed by atoms with Crippen LogP contribution in [0.3, 0.4) is 0 Å². The van der Waals surface area contributed by atoms with Crippen LogP contribution in [-0.2, 0) is 19.1 Å². The lowest BCUT2D eigenvalue weighted by Crippen LogP contribution is -2.49. The van der Waals surface area contributed by atoms with Crippen LogP contribution in [0.4, 0.5) is 0 Å². The molecule has 0 heterocycles. The van der Waals surface area contributed by atoms with Gasteiger partial charge in [-0.05, 0) is 12.8 Å². The molecule has 104 valence electrons. The highest BCUT2D eigenvalue weighted by Crippen LogP contribution is 1.97. The molecule has 0 radical (unpaired) electrons. The van der Waals surface area contributed by atoms with Gasteiger partial charge in [-0.3, -0.25) is 9.59 Å². The quantitative estimate of drug-likeness (QED) is 0.517. The van der Waals surface area contributed by atoms with E-state index in [0.717, 1.165) is 0 Å². The van der Waals surface area contributed by atoms with E-state index in [4.69, 9.17) is 5.73 Å². The molecule has 0 rings (SSSR count). The molecule has 7 nitrogen and oxygen atoms in total. The number of hydrogen-bond acceptors (Lipinski definition) is 5. The number of carbonyl (C=O) groups is 3. The zero-order valence-electron chi connectivity index (χ0n) is 11.1. The van der Waals surface area contributed by atoms with Crippen LogP contribution < -0.4 is 16.4 Å². The second-order valence-electron chi connectivity index (χ2n) is 4.30. The van der Waals surface area contributed by atoms with Gasteiger partial charge in [0.15, 0.2) is 0 Å². The lowest BCUT2D eigenvalue weighted by atomic mass is 10.1. The van der Waals surface area contributed by atoms with Crippen molar-refractivity contribution in [2.45, 2.75) is 32.9 Å². The summed E-state index contributed by atoms with van der Waals surface area (Å²) in [6.07, 6.45) is 0. The molecule has 0 aliphatic rings. The molecule has 2 amide bonds. The van der Waals surface area contributed by atoms with Crippen molar-refractivity contribution in [3.63, 3.8) is 0 Å². The molecule has 0 spiro atoms. The van der Waals surface area contributed by atoms with E-state index in [0.29, 0.717) is 0 Å². The number of amides is 2. The lowest BCUT2D eigenvalue weighted by Gasteiger charge is -2.16. The van der Waals surface area contributed by atoms with Crippen LogP contribution in [0.15, 0.2) is 0 Å². The average molecular weight is 259 g/mol. The van der Waals surface area contributed by atoms with E-state index < -0.39 is 29.9 Å². The van der Waals surface area contributed by atoms with E-state index in [2.05, 4.69) is 15.4 Å². The maximum absolute atomic E-state index is 11.5. The number of esters is 1. The molecule has 0 aromatic rings. The Bertz CT molecular complexity index is 317. The van der Waals surface area contributed by atoms with Gasteiger partial charge in [-0.1, -0.05) is 13.8 Å². The van der Waals surface area contributed by atoms with Gasteiger partial charge in [0.2, 0.25) is 11.8 Å². The van der Waals surface area contributed by atoms with Gasteiger partial charge in [0.05, 0.1) is 19.7 Å². The number of hydrogen-bond donors (Lipinski definition) is 3. The molecule has 0 aromatic heterocycles. The van der Waals surface area contributed by atoms with Gasteiger partial charge in [-0.25, -0.2) is 4.79 Å². The van der Waals surface area contributed by atoms with Gasteiger partial charge in [-0.2, -0.15) is 0 Å². The van der Waals surface area contributed by atoms with E-state index in [1.807, 2.05) is 13.8 Å². The summed E-state index contributed by atoms with van der Waals surface area (Å²) >= 11 is 0. The maximum atomic E-state index is 11.5. The minimum atomic E-state index is -0.752. The average Bonchev–Trinajstić information content (AvgIpc) is 2.33. The normalized spacial score (nSPS) is 13.7. The monoisotopic (exact) mass is 259 g/mol. The summed E-state index contributed by atoms with van der Waals surface area (Å²) in [6, 6.07) is -1.41. The molecular formula is C11H21N3O4. The Morgan fingerprint density at radius 1 is 1.22 bits per heavy atom. The molecule has 7 heteroatoms. The van der Waals surface area contributed by atoms with Gasteiger partial charge in [0.25, 0.3) is 0 Å². The third kappa shape index (κ3) is 5.62. The van der Waals surface area contributed by atoms with E-state index in [-0.39, 0.29) is 12.5 Å². The van der Waals surface area contributed by atoms with Crippen LogP contribution in [0.5, 0.6) is 0 Å². The number of nitrogens with one attached hydrogen (secondary N) is 2. The van der Waals surface area contributed by atoms with E-state index in [1.54, 1.807) is 0 Å². The number of carbonyl (C=O) groups excluding carboxylic acids is 3. The zero-order valence-corrected chi connectivity index (χ0v) is 11.1. The first-order valence-electron chi connectivity index (χ1n) is 5.70. The summed E-state index contributed by atoms with van der Waals surface area (Å²) in [7, 11) is 1.23. The zero-order chi connectivity index (χ0) is 14.3. The summed E-state index contributed by atoms with van der Waals surface area (Å²) in [4.78, 5) is 33.9. The smallest absolute Gasteiger partial charge is 0.328 e. The topological polar surface area (TPSA) is 111 Å². The van der Waals surface area contributed by atoms with E-state index in [9.17, 15) is 14.4 Å². The summed E-state index contributed by atoms with van der Waals surface area (Å²) in [6.45, 7) is 4.89. The second-order valence-corrected chi connectivity index (χ2v) is 4.30. The highest BCUT2D eigenvalue weighted by Gasteiger charge is 2.19. The highest BCUT2D eigenvalue weighted by molar-refractivity contribution is 5.89. The molecule has 4 N–H and O–H groups in total. The molecule has 1 unspecified atom stereocenters. The first kappa shape index (κ1) is 16.4. The lowest BCUT2D eigenvalue weighted by molar-refractivity contribution is -0.144. The minimum absolute atomic E-state index is 0.0120. The van der Waals surface area contributed by atoms with Crippen LogP contribution in [0, 0.1) is 5.92 Å². The van der Waals surface area contributed by atoms with Crippen LogP contribution in [0.25, 0.3) is 0 Å². The highest BCUT2D eigenvalue weighted by atomic mass is 16.5. The third-order valence-electron chi connectivity index (χ3n) is 2.38. The summed E-state index contributed by atoms with van der Waals surface area (Å²) in [5.74, 6) is -1.43. The van der Waals surface area contributed by atoms with Gasteiger partial charge in [-0.15, -0.1) is 0 Å². The second kappa shape index (κ2) is 7.65. The van der Waals surface area contributed by atoms with Crippen LogP contribution in [-0.4, -0.2) is 43.5 Å². The minimum Gasteiger partial charge on any atom is -0.467 e. The SMILES string of the molecule is COC(=O)C(C)NC(=O)CNC(=O)[C@@H](N)C(C)C. The predicted molar refractivity (Wildman–Crippen MR) is 65.4 cm³/mol. The van der Waals surface area contributed by atoms with Crippen LogP contribution >= 0.6 is 0 Å². The first-order chi connectivity index (χ1) is 8.29. The number of ether oxygens (including phenoxy) is 1. The Hall–Kier alpha value is -1.63. The van der Waals surface area contributed by atoms with Crippen molar-refractivity contribution in [1.82, 2.24) is 10.6 Å². The Balaban J connectivity index is 4.05. The van der Waals surface area contributed by atoms with Crippen LogP contribution in [0.2, 0.25) is 0 Å². The summed E-state index contributed by atoms with van der Waals surface area (Å²) in [5.41, 5.74) is 5.60. The molecular weight excluding hydrogens is 238 g/mol. The Kier molecular flexibility index (Phi) is 6.96. The Morgan fingerprint density at radius 3 is 2.22 bits per heavy atom. The largest absolute Gasteiger partial charge is 0.467 e. The molecule has 0 saturated carbocycles. The molecule has 18 heavy (non-hydrogen) atoms. The predicted octanol–water partition coefficient (Wildman–Crippen LogP) is -1.24. The Labute approximate surface area is 106 Å². The summed E-state index contributed by atoms with van der Waals surface area (Å²) < 4.78 is 4.45. The maximum Gasteiger partial charge on any atom is 0.328 e. The van der Waals surface area contributed by atoms with E-state index in [1.165, 1.54) is 14.0 Å². The number of methoxy groups -OCH3 is 1. The third-order valence-corrected chi connectivity index (χ3v) is 2.38. The van der Waals surface area contributed by atoms with Gasteiger partial charge >= 0.3 is 5.97 Å². The van der Waals surface area contributed by atoms with Crippen molar-refractivity contribution in [2.75, 3.05) is 13.7 Å². The molecule has 0 saturated heterocycles. The van der Waals surface area contributed by atoms with Crippen molar-refractivity contribution in [3.05, 3.63) is 0 Å². The summed E-state index contributed by atoms with van der Waals surface area (Å²) in [5, 5.41) is 4.78. The van der Waals surface area contributed by atoms with Crippen molar-refractivity contribution in [1.29, 1.82) is 0 Å². The fourth-order valence-electron chi connectivity index (χ4n) is 1.12. The first-order valence-corrected chi connectivity index (χ1v) is 5.70. The molecule has 0 fully saturated rings.